The molecule has 1 unspecified atom stereocenters. The molecule has 2 heterocycles. The van der Waals surface area contributed by atoms with Gasteiger partial charge in [0.25, 0.3) is 0 Å². The zero-order valence-corrected chi connectivity index (χ0v) is 14.2. The lowest BCUT2D eigenvalue weighted by Crippen LogP contribution is -2.28. The normalized spacial score (nSPS) is 16.0. The number of hydrogen-bond donors (Lipinski definition) is 0. The molecule has 4 heteroatoms. The molecular weight excluding hydrogens is 328 g/mol. The molecule has 0 radical (unpaired) electrons. The summed E-state index contributed by atoms with van der Waals surface area (Å²) in [5, 5.41) is 0. The Labute approximate surface area is 151 Å². The van der Waals surface area contributed by atoms with E-state index < -0.39 is 0 Å². The molecule has 4 nitrogen and oxygen atoms in total. The maximum Gasteiger partial charge on any atom is 0.314 e. The van der Waals surface area contributed by atoms with E-state index in [0.29, 0.717) is 17.7 Å². The Kier molecular flexibility index (Phi) is 4.40. The van der Waals surface area contributed by atoms with Gasteiger partial charge < -0.3 is 9.15 Å². The number of esters is 1. The Morgan fingerprint density at radius 1 is 1.04 bits per heavy atom. The largest absolute Gasteiger partial charge is 0.461 e. The quantitative estimate of drug-likeness (QED) is 0.394. The van der Waals surface area contributed by atoms with Crippen LogP contribution in [0.1, 0.15) is 33.7 Å². The fourth-order valence-electron chi connectivity index (χ4n) is 3.26. The van der Waals surface area contributed by atoms with Crippen LogP contribution in [0.2, 0.25) is 0 Å². The summed E-state index contributed by atoms with van der Waals surface area (Å²) in [7, 11) is 0. The first-order valence-electron chi connectivity index (χ1n) is 8.67. The molecule has 130 valence electrons. The highest BCUT2D eigenvalue weighted by atomic mass is 16.5. The van der Waals surface area contributed by atoms with E-state index in [1.807, 2.05) is 24.3 Å². The van der Waals surface area contributed by atoms with Crippen LogP contribution in [0, 0.1) is 5.92 Å². The number of rotatable bonds is 5. The van der Waals surface area contributed by atoms with Gasteiger partial charge in [-0.2, -0.15) is 0 Å². The van der Waals surface area contributed by atoms with Crippen molar-refractivity contribution in [3.63, 3.8) is 0 Å². The third-order valence-corrected chi connectivity index (χ3v) is 4.71. The number of ketones is 1. The molecule has 0 saturated carbocycles. The molecule has 0 saturated heterocycles. The maximum absolute atomic E-state index is 12.4. The smallest absolute Gasteiger partial charge is 0.314 e. The van der Waals surface area contributed by atoms with E-state index in [0.717, 1.165) is 18.4 Å². The summed E-state index contributed by atoms with van der Waals surface area (Å²) in [5.74, 6) is 0.140. The van der Waals surface area contributed by atoms with E-state index in [9.17, 15) is 9.59 Å². The molecule has 0 amide bonds. The van der Waals surface area contributed by atoms with E-state index in [4.69, 9.17) is 9.15 Å². The minimum atomic E-state index is -0.226. The number of carbonyl (C=O) groups is 2. The zero-order chi connectivity index (χ0) is 17.9. The first kappa shape index (κ1) is 16.3. The fourth-order valence-corrected chi connectivity index (χ4v) is 3.26. The molecule has 1 aromatic heterocycles. The van der Waals surface area contributed by atoms with E-state index in [1.165, 1.54) is 11.8 Å². The predicted molar refractivity (Wildman–Crippen MR) is 96.2 cm³/mol. The minimum absolute atomic E-state index is 0.158. The van der Waals surface area contributed by atoms with Crippen LogP contribution in [0.4, 0.5) is 0 Å². The standard InChI is InChI=1S/C22H18O4/c23-21(19-7-4-12-25-19)17-11-10-16-13-18(22(24)26-20(16)14-17)9-8-15-5-2-1-3-6-15/h1-7,10-12,14,18H,8-9,13H2. The number of ether oxygens (including phenoxy) is 1. The molecule has 2 aromatic carbocycles. The van der Waals surface area contributed by atoms with Crippen LogP contribution in [0.5, 0.6) is 5.75 Å². The van der Waals surface area contributed by atoms with Gasteiger partial charge in [-0.3, -0.25) is 9.59 Å². The summed E-state index contributed by atoms with van der Waals surface area (Å²) in [6.45, 7) is 0. The van der Waals surface area contributed by atoms with Crippen molar-refractivity contribution in [2.24, 2.45) is 5.92 Å². The topological polar surface area (TPSA) is 56.5 Å². The Balaban J connectivity index is 1.48. The molecule has 0 fully saturated rings. The van der Waals surface area contributed by atoms with Crippen molar-refractivity contribution in [2.75, 3.05) is 0 Å². The average molecular weight is 346 g/mol. The summed E-state index contributed by atoms with van der Waals surface area (Å²) in [6, 6.07) is 18.7. The fraction of sp³-hybridized carbons (Fsp3) is 0.182. The number of fused-ring (bicyclic) bond motifs is 1. The van der Waals surface area contributed by atoms with Crippen molar-refractivity contribution in [3.05, 3.63) is 89.4 Å². The molecule has 0 spiro atoms. The van der Waals surface area contributed by atoms with Crippen molar-refractivity contribution in [1.29, 1.82) is 0 Å². The second kappa shape index (κ2) is 7.00. The van der Waals surface area contributed by atoms with Gasteiger partial charge in [-0.25, -0.2) is 0 Å². The molecule has 3 aromatic rings. The van der Waals surface area contributed by atoms with Crippen LogP contribution >= 0.6 is 0 Å². The van der Waals surface area contributed by atoms with Gasteiger partial charge in [0.2, 0.25) is 5.78 Å². The van der Waals surface area contributed by atoms with Crippen molar-refractivity contribution in [2.45, 2.75) is 19.3 Å². The van der Waals surface area contributed by atoms with Gasteiger partial charge in [0.15, 0.2) is 5.76 Å². The number of hydrogen-bond acceptors (Lipinski definition) is 4. The summed E-state index contributed by atoms with van der Waals surface area (Å²) in [5.41, 5.74) is 2.62. The zero-order valence-electron chi connectivity index (χ0n) is 14.2. The lowest BCUT2D eigenvalue weighted by Gasteiger charge is -2.23. The van der Waals surface area contributed by atoms with Gasteiger partial charge in [-0.05, 0) is 48.6 Å². The first-order chi connectivity index (χ1) is 12.7. The molecule has 1 atom stereocenters. The third kappa shape index (κ3) is 3.31. The number of carbonyl (C=O) groups excluding carboxylic acids is 2. The van der Waals surface area contributed by atoms with Gasteiger partial charge in [-0.1, -0.05) is 42.5 Å². The number of benzene rings is 2. The predicted octanol–water partition coefficient (Wildman–Crippen LogP) is 4.22. The Morgan fingerprint density at radius 3 is 2.65 bits per heavy atom. The molecule has 0 N–H and O–H groups in total. The Bertz CT molecular complexity index is 926. The van der Waals surface area contributed by atoms with Crippen molar-refractivity contribution < 1.29 is 18.7 Å². The van der Waals surface area contributed by atoms with Crippen LogP contribution < -0.4 is 4.74 Å². The van der Waals surface area contributed by atoms with Crippen LogP contribution in [-0.2, 0) is 17.6 Å². The summed E-state index contributed by atoms with van der Waals surface area (Å²) >= 11 is 0. The highest BCUT2D eigenvalue weighted by molar-refractivity contribution is 6.07. The Hall–Kier alpha value is -3.14. The van der Waals surface area contributed by atoms with Crippen molar-refractivity contribution in [3.8, 4) is 5.75 Å². The van der Waals surface area contributed by atoms with Gasteiger partial charge >= 0.3 is 5.97 Å². The molecule has 4 rings (SSSR count). The minimum Gasteiger partial charge on any atom is -0.461 e. The lowest BCUT2D eigenvalue weighted by molar-refractivity contribution is -0.140. The number of aryl methyl sites for hydroxylation is 1. The van der Waals surface area contributed by atoms with Crippen LogP contribution in [0.25, 0.3) is 0 Å². The van der Waals surface area contributed by atoms with E-state index >= 15 is 0 Å². The monoisotopic (exact) mass is 346 g/mol. The van der Waals surface area contributed by atoms with E-state index in [1.54, 1.807) is 24.3 Å². The molecule has 1 aliphatic heterocycles. The molecular formula is C22H18O4. The van der Waals surface area contributed by atoms with Gasteiger partial charge in [-0.15, -0.1) is 0 Å². The second-order valence-electron chi connectivity index (χ2n) is 6.48. The highest BCUT2D eigenvalue weighted by Gasteiger charge is 2.29. The van der Waals surface area contributed by atoms with Crippen LogP contribution in [0.3, 0.4) is 0 Å². The lowest BCUT2D eigenvalue weighted by atomic mass is 9.90. The molecule has 0 bridgehead atoms. The first-order valence-corrected chi connectivity index (χ1v) is 8.67. The Morgan fingerprint density at radius 2 is 1.88 bits per heavy atom. The molecule has 0 aliphatic carbocycles. The SMILES string of the molecule is O=C(c1ccc2c(c1)OC(=O)C(CCc1ccccc1)C2)c1ccco1. The summed E-state index contributed by atoms with van der Waals surface area (Å²) in [6.07, 6.45) is 3.68. The van der Waals surface area contributed by atoms with Gasteiger partial charge in [0, 0.05) is 5.56 Å². The molecule has 26 heavy (non-hydrogen) atoms. The van der Waals surface area contributed by atoms with E-state index in [-0.39, 0.29) is 23.4 Å². The van der Waals surface area contributed by atoms with Crippen molar-refractivity contribution >= 4 is 11.8 Å². The van der Waals surface area contributed by atoms with Gasteiger partial charge in [0.1, 0.15) is 5.75 Å². The van der Waals surface area contributed by atoms with Crippen molar-refractivity contribution in [1.82, 2.24) is 0 Å². The summed E-state index contributed by atoms with van der Waals surface area (Å²) in [4.78, 5) is 24.7. The molecule has 1 aliphatic rings. The van der Waals surface area contributed by atoms with Crippen LogP contribution in [0.15, 0.2) is 71.3 Å². The third-order valence-electron chi connectivity index (χ3n) is 4.71. The van der Waals surface area contributed by atoms with Gasteiger partial charge in [0.05, 0.1) is 12.2 Å². The van der Waals surface area contributed by atoms with Crippen LogP contribution in [-0.4, -0.2) is 11.8 Å². The maximum atomic E-state index is 12.4. The highest BCUT2D eigenvalue weighted by Crippen LogP contribution is 2.31. The average Bonchev–Trinajstić information content (AvgIpc) is 3.21. The second-order valence-corrected chi connectivity index (χ2v) is 6.48. The number of furan rings is 1. The summed E-state index contributed by atoms with van der Waals surface area (Å²) < 4.78 is 10.7. The van der Waals surface area contributed by atoms with E-state index in [2.05, 4.69) is 12.1 Å².